The largest absolute Gasteiger partial charge is 0.495 e. The number of hydrogen-bond donors (Lipinski definition) is 3. The number of carbonyl (C=O) groups is 1. The topological polar surface area (TPSA) is 128 Å². The van der Waals surface area contributed by atoms with Crippen molar-refractivity contribution < 1.29 is 27.4 Å². The summed E-state index contributed by atoms with van der Waals surface area (Å²) in [6.07, 6.45) is 0. The molecule has 0 saturated heterocycles. The first-order valence-corrected chi connectivity index (χ1v) is 13.0. The van der Waals surface area contributed by atoms with E-state index in [1.165, 1.54) is 43.8 Å². The molecule has 0 spiro atoms. The molecule has 10 nitrogen and oxygen atoms in total. The average molecular weight is 541 g/mol. The average Bonchev–Trinajstić information content (AvgIpc) is 3.33. The van der Waals surface area contributed by atoms with E-state index in [9.17, 15) is 13.2 Å². The van der Waals surface area contributed by atoms with Crippen molar-refractivity contribution in [3.8, 4) is 22.8 Å². The van der Waals surface area contributed by atoms with E-state index in [-0.39, 0.29) is 35.4 Å². The molecule has 35 heavy (non-hydrogen) atoms. The molecule has 3 aromatic rings. The molecule has 3 rings (SSSR count). The zero-order chi connectivity index (χ0) is 25.4. The highest BCUT2D eigenvalue weighted by Gasteiger charge is 2.17. The van der Waals surface area contributed by atoms with Crippen molar-refractivity contribution in [1.29, 1.82) is 0 Å². The van der Waals surface area contributed by atoms with Crippen molar-refractivity contribution in [3.05, 3.63) is 46.8 Å². The number of carbonyl (C=O) groups excluding carboxylic acids is 1. The first kappa shape index (κ1) is 26.7. The van der Waals surface area contributed by atoms with Crippen LogP contribution in [0.3, 0.4) is 0 Å². The number of amides is 1. The van der Waals surface area contributed by atoms with E-state index in [1.807, 2.05) is 11.4 Å². The van der Waals surface area contributed by atoms with Gasteiger partial charge in [-0.25, -0.2) is 18.1 Å². The van der Waals surface area contributed by atoms with Gasteiger partial charge in [0.1, 0.15) is 11.5 Å². The minimum absolute atomic E-state index is 0.0274. The molecule has 2 aromatic carbocycles. The number of sulfonamides is 1. The SMILES string of the molecule is CNc1nc(-c2ccc(OC)c(NC(=O)COc3ccc(S(=O)(=O)NCCOC)cc3Cl)c2)cs1. The molecule has 188 valence electrons. The van der Waals surface area contributed by atoms with E-state index in [4.69, 9.17) is 25.8 Å². The monoisotopic (exact) mass is 540 g/mol. The van der Waals surface area contributed by atoms with Crippen LogP contribution in [-0.4, -0.2) is 60.3 Å². The lowest BCUT2D eigenvalue weighted by atomic mass is 10.1. The molecule has 3 N–H and O–H groups in total. The lowest BCUT2D eigenvalue weighted by Gasteiger charge is -2.13. The van der Waals surface area contributed by atoms with Crippen LogP contribution in [0.25, 0.3) is 11.3 Å². The lowest BCUT2D eigenvalue weighted by Crippen LogP contribution is -2.27. The van der Waals surface area contributed by atoms with Crippen LogP contribution in [0.4, 0.5) is 10.8 Å². The van der Waals surface area contributed by atoms with E-state index >= 15 is 0 Å². The second-order valence-corrected chi connectivity index (χ2v) is 10.1. The van der Waals surface area contributed by atoms with E-state index in [1.54, 1.807) is 19.2 Å². The van der Waals surface area contributed by atoms with E-state index < -0.39 is 15.9 Å². The molecule has 0 fully saturated rings. The number of nitrogens with one attached hydrogen (secondary N) is 3. The Hall–Kier alpha value is -2.90. The standard InChI is InChI=1S/C22H25ClN4O6S2/c1-24-22-27-18(13-34-22)14-4-6-20(32-3)17(10-14)26-21(28)12-33-19-7-5-15(11-16(19)23)35(29,30)25-8-9-31-2/h4-7,10-11,13,25H,8-9,12H2,1-3H3,(H,24,27)(H,26,28). The summed E-state index contributed by atoms with van der Waals surface area (Å²) in [5.41, 5.74) is 2.01. The number of hydrogen-bond acceptors (Lipinski definition) is 9. The normalized spacial score (nSPS) is 11.2. The molecular formula is C22H25ClN4O6S2. The fourth-order valence-electron chi connectivity index (χ4n) is 2.94. The molecule has 1 amide bonds. The third kappa shape index (κ3) is 7.05. The maximum atomic E-state index is 12.6. The van der Waals surface area contributed by atoms with E-state index in [0.29, 0.717) is 11.4 Å². The number of ether oxygens (including phenoxy) is 3. The van der Waals surface area contributed by atoms with Crippen LogP contribution < -0.4 is 24.8 Å². The number of nitrogens with zero attached hydrogens (tertiary/aromatic N) is 1. The van der Waals surface area contributed by atoms with E-state index in [2.05, 4.69) is 20.3 Å². The zero-order valence-corrected chi connectivity index (χ0v) is 21.6. The van der Waals surface area contributed by atoms with Gasteiger partial charge in [-0.15, -0.1) is 11.3 Å². The summed E-state index contributed by atoms with van der Waals surface area (Å²) >= 11 is 7.65. The van der Waals surface area contributed by atoms with Crippen LogP contribution in [-0.2, 0) is 19.6 Å². The third-order valence-corrected chi connectivity index (χ3v) is 7.27. The maximum absolute atomic E-state index is 12.6. The van der Waals surface area contributed by atoms with Gasteiger partial charge in [0.2, 0.25) is 10.0 Å². The van der Waals surface area contributed by atoms with Crippen molar-refractivity contribution in [2.24, 2.45) is 0 Å². The number of aromatic nitrogens is 1. The Morgan fingerprint density at radius 3 is 2.57 bits per heavy atom. The van der Waals surface area contributed by atoms with Crippen LogP contribution in [0.1, 0.15) is 0 Å². The molecule has 0 bridgehead atoms. The highest BCUT2D eigenvalue weighted by molar-refractivity contribution is 7.89. The smallest absolute Gasteiger partial charge is 0.262 e. The number of methoxy groups -OCH3 is 2. The summed E-state index contributed by atoms with van der Waals surface area (Å²) < 4.78 is 42.7. The van der Waals surface area contributed by atoms with Gasteiger partial charge in [0.25, 0.3) is 5.91 Å². The van der Waals surface area contributed by atoms with Gasteiger partial charge in [-0.2, -0.15) is 0 Å². The molecule has 0 aliphatic heterocycles. The summed E-state index contributed by atoms with van der Waals surface area (Å²) in [6, 6.07) is 9.33. The number of benzene rings is 2. The third-order valence-electron chi connectivity index (χ3n) is 4.66. The Balaban J connectivity index is 1.66. The summed E-state index contributed by atoms with van der Waals surface area (Å²) in [6.45, 7) is 0.00226. The Kier molecular flexibility index (Phi) is 9.29. The van der Waals surface area contributed by atoms with Gasteiger partial charge in [0, 0.05) is 31.6 Å². The molecule has 0 saturated carbocycles. The van der Waals surface area contributed by atoms with Gasteiger partial charge in [0.15, 0.2) is 11.7 Å². The fraction of sp³-hybridized carbons (Fsp3) is 0.273. The zero-order valence-electron chi connectivity index (χ0n) is 19.3. The first-order valence-electron chi connectivity index (χ1n) is 10.3. The molecule has 0 unspecified atom stereocenters. The van der Waals surface area contributed by atoms with E-state index in [0.717, 1.165) is 16.4 Å². The predicted molar refractivity (Wildman–Crippen MR) is 136 cm³/mol. The number of halogens is 1. The van der Waals surface area contributed by atoms with Crippen molar-refractivity contribution in [2.45, 2.75) is 4.90 Å². The van der Waals surface area contributed by atoms with Crippen LogP contribution in [0.2, 0.25) is 5.02 Å². The Labute approximate surface area is 212 Å². The minimum atomic E-state index is -3.75. The fourth-order valence-corrected chi connectivity index (χ4v) is 4.96. The van der Waals surface area contributed by atoms with Crippen LogP contribution >= 0.6 is 22.9 Å². The van der Waals surface area contributed by atoms with Crippen molar-refractivity contribution in [3.63, 3.8) is 0 Å². The molecule has 0 atom stereocenters. The Morgan fingerprint density at radius 2 is 1.91 bits per heavy atom. The summed E-state index contributed by atoms with van der Waals surface area (Å²) in [4.78, 5) is 17.0. The maximum Gasteiger partial charge on any atom is 0.262 e. The Bertz CT molecular complexity index is 1280. The van der Waals surface area contributed by atoms with Crippen molar-refractivity contribution in [1.82, 2.24) is 9.71 Å². The van der Waals surface area contributed by atoms with Gasteiger partial charge in [-0.3, -0.25) is 4.79 Å². The Morgan fingerprint density at radius 1 is 1.14 bits per heavy atom. The molecule has 13 heteroatoms. The summed E-state index contributed by atoms with van der Waals surface area (Å²) in [7, 11) is 1.02. The lowest BCUT2D eigenvalue weighted by molar-refractivity contribution is -0.118. The van der Waals surface area contributed by atoms with Gasteiger partial charge in [0.05, 0.1) is 35.0 Å². The highest BCUT2D eigenvalue weighted by atomic mass is 35.5. The van der Waals surface area contributed by atoms with Crippen LogP contribution in [0, 0.1) is 0 Å². The molecule has 0 aliphatic carbocycles. The van der Waals surface area contributed by atoms with Crippen LogP contribution in [0.15, 0.2) is 46.7 Å². The summed E-state index contributed by atoms with van der Waals surface area (Å²) in [5, 5.41) is 8.48. The van der Waals surface area contributed by atoms with Gasteiger partial charge in [-0.1, -0.05) is 11.6 Å². The number of anilines is 2. The van der Waals surface area contributed by atoms with Crippen molar-refractivity contribution >= 4 is 49.7 Å². The molecule has 1 aromatic heterocycles. The predicted octanol–water partition coefficient (Wildman–Crippen LogP) is 3.46. The van der Waals surface area contributed by atoms with Crippen molar-refractivity contribution in [2.75, 3.05) is 51.7 Å². The van der Waals surface area contributed by atoms with Crippen LogP contribution in [0.5, 0.6) is 11.5 Å². The van der Waals surface area contributed by atoms with Gasteiger partial charge >= 0.3 is 0 Å². The molecule has 0 radical (unpaired) electrons. The first-order chi connectivity index (χ1) is 16.8. The van der Waals surface area contributed by atoms with Gasteiger partial charge in [-0.05, 0) is 36.4 Å². The molecule has 0 aliphatic rings. The minimum Gasteiger partial charge on any atom is -0.495 e. The number of rotatable bonds is 12. The number of thiazole rings is 1. The second kappa shape index (κ2) is 12.2. The second-order valence-electron chi connectivity index (χ2n) is 7.02. The summed E-state index contributed by atoms with van der Waals surface area (Å²) in [5.74, 6) is 0.184. The molecular weight excluding hydrogens is 516 g/mol. The molecule has 1 heterocycles. The van der Waals surface area contributed by atoms with Gasteiger partial charge < -0.3 is 24.8 Å². The highest BCUT2D eigenvalue weighted by Crippen LogP contribution is 2.32. The quantitative estimate of drug-likeness (QED) is 0.298.